The van der Waals surface area contributed by atoms with E-state index in [9.17, 15) is 13.2 Å². The summed E-state index contributed by atoms with van der Waals surface area (Å²) in [7, 11) is -3.83. The van der Waals surface area contributed by atoms with Gasteiger partial charge in [-0.2, -0.15) is 0 Å². The predicted molar refractivity (Wildman–Crippen MR) is 91.6 cm³/mol. The SMILES string of the molecule is O=C(c1ccc(NS(=O)(=O)c2cccnc2Cl)cc1)N1CCCC1. The van der Waals surface area contributed by atoms with Crippen LogP contribution in [0.3, 0.4) is 0 Å². The molecule has 1 aromatic carbocycles. The lowest BCUT2D eigenvalue weighted by Gasteiger charge is -2.15. The van der Waals surface area contributed by atoms with Crippen molar-refractivity contribution in [3.05, 3.63) is 53.3 Å². The van der Waals surface area contributed by atoms with Gasteiger partial charge in [0.25, 0.3) is 15.9 Å². The molecule has 1 amide bonds. The fraction of sp³-hybridized carbons (Fsp3) is 0.250. The third-order valence-corrected chi connectivity index (χ3v) is 5.62. The molecular formula is C16H16ClN3O3S. The quantitative estimate of drug-likeness (QED) is 0.845. The maximum absolute atomic E-state index is 12.3. The molecule has 0 aliphatic carbocycles. The predicted octanol–water partition coefficient (Wildman–Crippen LogP) is 2.77. The molecule has 24 heavy (non-hydrogen) atoms. The number of benzene rings is 1. The molecule has 1 N–H and O–H groups in total. The van der Waals surface area contributed by atoms with Crippen LogP contribution in [0.5, 0.6) is 0 Å². The zero-order valence-electron chi connectivity index (χ0n) is 12.8. The van der Waals surface area contributed by atoms with Gasteiger partial charge in [-0.05, 0) is 49.2 Å². The molecular weight excluding hydrogens is 350 g/mol. The molecule has 6 nitrogen and oxygen atoms in total. The van der Waals surface area contributed by atoms with E-state index in [1.165, 1.54) is 18.3 Å². The molecule has 1 saturated heterocycles. The normalized spacial score (nSPS) is 14.6. The van der Waals surface area contributed by atoms with Crippen molar-refractivity contribution < 1.29 is 13.2 Å². The Labute approximate surface area is 145 Å². The van der Waals surface area contributed by atoms with Crippen LogP contribution < -0.4 is 4.72 Å². The minimum Gasteiger partial charge on any atom is -0.339 e. The van der Waals surface area contributed by atoms with Gasteiger partial charge >= 0.3 is 0 Å². The van der Waals surface area contributed by atoms with E-state index in [-0.39, 0.29) is 16.0 Å². The van der Waals surface area contributed by atoms with Gasteiger partial charge < -0.3 is 4.90 Å². The summed E-state index contributed by atoms with van der Waals surface area (Å²) in [5.41, 5.74) is 0.896. The average Bonchev–Trinajstić information content (AvgIpc) is 3.09. The Balaban J connectivity index is 1.76. The maximum atomic E-state index is 12.3. The number of hydrogen-bond donors (Lipinski definition) is 1. The Hall–Kier alpha value is -2.12. The van der Waals surface area contributed by atoms with Gasteiger partial charge in [0.2, 0.25) is 0 Å². The van der Waals surface area contributed by atoms with E-state index in [1.807, 2.05) is 0 Å². The van der Waals surface area contributed by atoms with E-state index < -0.39 is 10.0 Å². The number of rotatable bonds is 4. The van der Waals surface area contributed by atoms with E-state index in [2.05, 4.69) is 9.71 Å². The molecule has 0 atom stereocenters. The van der Waals surface area contributed by atoms with Crippen molar-refractivity contribution in [2.45, 2.75) is 17.7 Å². The van der Waals surface area contributed by atoms with Gasteiger partial charge in [-0.25, -0.2) is 13.4 Å². The monoisotopic (exact) mass is 365 g/mol. The van der Waals surface area contributed by atoms with Crippen molar-refractivity contribution >= 4 is 33.2 Å². The minimum absolute atomic E-state index is 0.0304. The maximum Gasteiger partial charge on any atom is 0.264 e. The van der Waals surface area contributed by atoms with E-state index in [4.69, 9.17) is 11.6 Å². The van der Waals surface area contributed by atoms with Crippen LogP contribution in [-0.4, -0.2) is 37.3 Å². The van der Waals surface area contributed by atoms with Crippen LogP contribution >= 0.6 is 11.6 Å². The van der Waals surface area contributed by atoms with Gasteiger partial charge in [0.05, 0.1) is 0 Å². The highest BCUT2D eigenvalue weighted by Crippen LogP contribution is 2.22. The van der Waals surface area contributed by atoms with Crippen LogP contribution in [-0.2, 0) is 10.0 Å². The van der Waals surface area contributed by atoms with Crippen LogP contribution in [0, 0.1) is 0 Å². The summed E-state index contributed by atoms with van der Waals surface area (Å²) in [5.74, 6) is -0.0304. The van der Waals surface area contributed by atoms with Crippen LogP contribution in [0.2, 0.25) is 5.15 Å². The number of halogens is 1. The molecule has 0 bridgehead atoms. The second-order valence-corrected chi connectivity index (χ2v) is 7.48. The summed E-state index contributed by atoms with van der Waals surface area (Å²) < 4.78 is 27.1. The van der Waals surface area contributed by atoms with Crippen molar-refractivity contribution in [2.24, 2.45) is 0 Å². The number of hydrogen-bond acceptors (Lipinski definition) is 4. The molecule has 2 heterocycles. The number of sulfonamides is 1. The van der Waals surface area contributed by atoms with E-state index in [0.29, 0.717) is 11.3 Å². The number of anilines is 1. The van der Waals surface area contributed by atoms with Gasteiger partial charge in [-0.3, -0.25) is 9.52 Å². The van der Waals surface area contributed by atoms with Crippen molar-refractivity contribution in [2.75, 3.05) is 17.8 Å². The Morgan fingerprint density at radius 3 is 2.42 bits per heavy atom. The molecule has 1 fully saturated rings. The Bertz CT molecular complexity index is 847. The summed E-state index contributed by atoms with van der Waals surface area (Å²) in [6.45, 7) is 1.54. The second kappa shape index (κ2) is 6.78. The number of aromatic nitrogens is 1. The first-order chi connectivity index (χ1) is 11.5. The lowest BCUT2D eigenvalue weighted by molar-refractivity contribution is 0.0793. The summed E-state index contributed by atoms with van der Waals surface area (Å²) in [5, 5.41) is -0.0918. The van der Waals surface area contributed by atoms with Gasteiger partial charge in [0, 0.05) is 30.5 Å². The molecule has 2 aromatic rings. The lowest BCUT2D eigenvalue weighted by atomic mass is 10.2. The zero-order valence-corrected chi connectivity index (χ0v) is 14.3. The molecule has 0 unspecified atom stereocenters. The summed E-state index contributed by atoms with van der Waals surface area (Å²) in [6.07, 6.45) is 3.46. The zero-order chi connectivity index (χ0) is 17.2. The third-order valence-electron chi connectivity index (χ3n) is 3.79. The molecule has 126 valence electrons. The number of carbonyl (C=O) groups excluding carboxylic acids is 1. The summed E-state index contributed by atoms with van der Waals surface area (Å²) >= 11 is 5.83. The molecule has 0 saturated carbocycles. The standard InChI is InChI=1S/C16H16ClN3O3S/c17-15-14(4-3-9-18-15)24(22,23)19-13-7-5-12(6-8-13)16(21)20-10-1-2-11-20/h3-9,19H,1-2,10-11H2. The Kier molecular flexibility index (Phi) is 4.73. The van der Waals surface area contributed by atoms with Crippen molar-refractivity contribution in [1.29, 1.82) is 0 Å². The molecule has 1 aromatic heterocycles. The Morgan fingerprint density at radius 2 is 1.79 bits per heavy atom. The third kappa shape index (κ3) is 3.52. The van der Waals surface area contributed by atoms with E-state index in [1.54, 1.807) is 29.2 Å². The minimum atomic E-state index is -3.83. The molecule has 8 heteroatoms. The summed E-state index contributed by atoms with van der Waals surface area (Å²) in [4.78, 5) is 17.7. The van der Waals surface area contributed by atoms with Crippen LogP contribution in [0.25, 0.3) is 0 Å². The highest BCUT2D eigenvalue weighted by molar-refractivity contribution is 7.92. The fourth-order valence-electron chi connectivity index (χ4n) is 2.57. The molecule has 1 aliphatic rings. The van der Waals surface area contributed by atoms with Crippen LogP contribution in [0.4, 0.5) is 5.69 Å². The Morgan fingerprint density at radius 1 is 1.12 bits per heavy atom. The first-order valence-corrected chi connectivity index (χ1v) is 9.36. The first kappa shape index (κ1) is 16.7. The topological polar surface area (TPSA) is 79.4 Å². The second-order valence-electron chi connectivity index (χ2n) is 5.47. The lowest BCUT2D eigenvalue weighted by Crippen LogP contribution is -2.27. The molecule has 1 aliphatic heterocycles. The number of amides is 1. The van der Waals surface area contributed by atoms with Gasteiger partial charge in [-0.1, -0.05) is 11.6 Å². The van der Waals surface area contributed by atoms with Crippen LogP contribution in [0.1, 0.15) is 23.2 Å². The van der Waals surface area contributed by atoms with Crippen molar-refractivity contribution in [3.63, 3.8) is 0 Å². The molecule has 0 spiro atoms. The highest BCUT2D eigenvalue weighted by atomic mass is 35.5. The molecule has 3 rings (SSSR count). The van der Waals surface area contributed by atoms with Gasteiger partial charge in [0.15, 0.2) is 0 Å². The number of nitrogens with zero attached hydrogens (tertiary/aromatic N) is 2. The van der Waals surface area contributed by atoms with Gasteiger partial charge in [0.1, 0.15) is 10.0 Å². The fourth-order valence-corrected chi connectivity index (χ4v) is 4.08. The van der Waals surface area contributed by atoms with Gasteiger partial charge in [-0.15, -0.1) is 0 Å². The number of pyridine rings is 1. The largest absolute Gasteiger partial charge is 0.339 e. The first-order valence-electron chi connectivity index (χ1n) is 7.50. The van der Waals surface area contributed by atoms with E-state index >= 15 is 0 Å². The molecule has 0 radical (unpaired) electrons. The van der Waals surface area contributed by atoms with Crippen molar-refractivity contribution in [3.8, 4) is 0 Å². The van der Waals surface area contributed by atoms with E-state index in [0.717, 1.165) is 25.9 Å². The van der Waals surface area contributed by atoms with Crippen molar-refractivity contribution in [1.82, 2.24) is 9.88 Å². The number of nitrogens with one attached hydrogen (secondary N) is 1. The average molecular weight is 366 g/mol. The number of carbonyl (C=O) groups is 1. The summed E-state index contributed by atoms with van der Waals surface area (Å²) in [6, 6.07) is 9.23. The smallest absolute Gasteiger partial charge is 0.264 e. The number of likely N-dealkylation sites (tertiary alicyclic amines) is 1. The van der Waals surface area contributed by atoms with Crippen LogP contribution in [0.15, 0.2) is 47.5 Å². The highest BCUT2D eigenvalue weighted by Gasteiger charge is 2.21.